The third-order valence-electron chi connectivity index (χ3n) is 6.00. The van der Waals surface area contributed by atoms with Gasteiger partial charge in [-0.1, -0.05) is 50.6 Å². The Hall–Kier alpha value is -2.99. The van der Waals surface area contributed by atoms with Crippen LogP contribution in [0, 0.1) is 25.6 Å². The number of halogens is 1. The van der Waals surface area contributed by atoms with Gasteiger partial charge in [-0.3, -0.25) is 9.59 Å². The largest absolute Gasteiger partial charge is 0.332 e. The zero-order valence-corrected chi connectivity index (χ0v) is 21.2. The first-order chi connectivity index (χ1) is 16.3. The molecule has 4 nitrogen and oxygen atoms in total. The molecule has 0 aliphatic heterocycles. The van der Waals surface area contributed by atoms with Gasteiger partial charge < -0.3 is 9.80 Å². The van der Waals surface area contributed by atoms with Gasteiger partial charge in [-0.25, -0.2) is 4.39 Å². The molecule has 1 aromatic heterocycles. The summed E-state index contributed by atoms with van der Waals surface area (Å²) in [4.78, 5) is 32.7. The van der Waals surface area contributed by atoms with Crippen molar-refractivity contribution in [1.82, 2.24) is 9.80 Å². The lowest BCUT2D eigenvalue weighted by molar-refractivity contribution is -0.133. The van der Waals surface area contributed by atoms with Crippen LogP contribution in [0.1, 0.15) is 51.5 Å². The highest BCUT2D eigenvalue weighted by Crippen LogP contribution is 2.20. The summed E-state index contributed by atoms with van der Waals surface area (Å²) in [5.74, 6) is -0.286. The average Bonchev–Trinajstić information content (AvgIpc) is 3.23. The van der Waals surface area contributed by atoms with Gasteiger partial charge in [-0.2, -0.15) is 0 Å². The van der Waals surface area contributed by atoms with Gasteiger partial charge in [0, 0.05) is 28.4 Å². The van der Waals surface area contributed by atoms with E-state index in [9.17, 15) is 14.0 Å². The molecule has 0 aliphatic carbocycles. The summed E-state index contributed by atoms with van der Waals surface area (Å²) < 4.78 is 13.4. The van der Waals surface area contributed by atoms with Gasteiger partial charge in [0.1, 0.15) is 12.4 Å². The highest BCUT2D eigenvalue weighted by Gasteiger charge is 2.25. The minimum atomic E-state index is -0.306. The Labute approximate surface area is 206 Å². The molecule has 0 saturated heterocycles. The van der Waals surface area contributed by atoms with Gasteiger partial charge in [0.25, 0.3) is 5.91 Å². The molecule has 0 bridgehead atoms. The smallest absolute Gasteiger partial charge is 0.254 e. The van der Waals surface area contributed by atoms with Crippen LogP contribution in [-0.4, -0.2) is 34.7 Å². The molecule has 2 aromatic carbocycles. The molecule has 1 atom stereocenters. The second-order valence-electron chi connectivity index (χ2n) is 8.90. The van der Waals surface area contributed by atoms with Gasteiger partial charge >= 0.3 is 0 Å². The van der Waals surface area contributed by atoms with E-state index in [-0.39, 0.29) is 30.1 Å². The first-order valence-electron chi connectivity index (χ1n) is 11.7. The lowest BCUT2D eigenvalue weighted by Gasteiger charge is -2.29. The Kier molecular flexibility index (Phi) is 8.99. The number of rotatable bonds is 10. The zero-order valence-electron chi connectivity index (χ0n) is 20.4. The predicted octanol–water partition coefficient (Wildman–Crippen LogP) is 6.22. The number of carbonyl (C=O) groups excluding carboxylic acids is 2. The summed E-state index contributed by atoms with van der Waals surface area (Å²) in [6.07, 6.45) is 0.916. The normalized spacial score (nSPS) is 11.8. The monoisotopic (exact) mass is 480 g/mol. The zero-order chi connectivity index (χ0) is 24.7. The van der Waals surface area contributed by atoms with E-state index in [0.717, 1.165) is 22.4 Å². The molecule has 180 valence electrons. The highest BCUT2D eigenvalue weighted by molar-refractivity contribution is 7.11. The molecule has 6 heteroatoms. The Balaban J connectivity index is 1.85. The van der Waals surface area contributed by atoms with E-state index < -0.39 is 0 Å². The number of carbonyl (C=O) groups is 2. The SMILES string of the molecule is CCC(C)CN(CC(=O)N(Cc1ccc(F)cc1)Cc1ccc(C)s1)C(=O)c1ccccc1C. The highest BCUT2D eigenvalue weighted by atomic mass is 32.1. The Morgan fingerprint density at radius 1 is 0.941 bits per heavy atom. The summed E-state index contributed by atoms with van der Waals surface area (Å²) in [7, 11) is 0. The number of nitrogens with zero attached hydrogens (tertiary/aromatic N) is 2. The Morgan fingerprint density at radius 3 is 2.26 bits per heavy atom. The number of benzene rings is 2. The minimum Gasteiger partial charge on any atom is -0.332 e. The summed E-state index contributed by atoms with van der Waals surface area (Å²) >= 11 is 1.65. The van der Waals surface area contributed by atoms with Crippen molar-refractivity contribution < 1.29 is 14.0 Å². The fraction of sp³-hybridized carbons (Fsp3) is 0.357. The summed E-state index contributed by atoms with van der Waals surface area (Å²) in [6.45, 7) is 9.44. The third kappa shape index (κ3) is 7.00. The van der Waals surface area contributed by atoms with Crippen LogP contribution >= 0.6 is 11.3 Å². The van der Waals surface area contributed by atoms with Crippen LogP contribution in [0.4, 0.5) is 4.39 Å². The molecule has 2 amide bonds. The van der Waals surface area contributed by atoms with E-state index in [1.165, 1.54) is 17.0 Å². The first-order valence-corrected chi connectivity index (χ1v) is 12.5. The molecule has 0 fully saturated rings. The fourth-order valence-corrected chi connectivity index (χ4v) is 4.68. The van der Waals surface area contributed by atoms with Crippen molar-refractivity contribution >= 4 is 23.2 Å². The van der Waals surface area contributed by atoms with E-state index in [0.29, 0.717) is 25.2 Å². The second kappa shape index (κ2) is 11.9. The van der Waals surface area contributed by atoms with Crippen molar-refractivity contribution in [3.05, 3.63) is 92.9 Å². The predicted molar refractivity (Wildman–Crippen MR) is 136 cm³/mol. The lowest BCUT2D eigenvalue weighted by Crippen LogP contribution is -2.44. The van der Waals surface area contributed by atoms with E-state index in [1.54, 1.807) is 33.3 Å². The maximum absolute atomic E-state index is 13.6. The van der Waals surface area contributed by atoms with Crippen LogP contribution in [0.25, 0.3) is 0 Å². The standard InChI is InChI=1S/C28H33FN2O2S/c1-5-20(2)16-31(28(33)26-9-7-6-8-21(26)3)19-27(32)30(18-25-15-10-22(4)34-25)17-23-11-13-24(29)14-12-23/h6-15,20H,5,16-19H2,1-4H3. The first kappa shape index (κ1) is 25.6. The van der Waals surface area contributed by atoms with Gasteiger partial charge in [0.15, 0.2) is 0 Å². The van der Waals surface area contributed by atoms with Gasteiger partial charge in [-0.15, -0.1) is 11.3 Å². The number of thiophene rings is 1. The minimum absolute atomic E-state index is 0.00304. The van der Waals surface area contributed by atoms with Crippen molar-refractivity contribution in [2.75, 3.05) is 13.1 Å². The van der Waals surface area contributed by atoms with Gasteiger partial charge in [0.05, 0.1) is 6.54 Å². The molecule has 1 heterocycles. The molecule has 0 N–H and O–H groups in total. The van der Waals surface area contributed by atoms with Crippen molar-refractivity contribution in [1.29, 1.82) is 0 Å². The quantitative estimate of drug-likeness (QED) is 0.346. The van der Waals surface area contributed by atoms with Crippen LogP contribution in [0.15, 0.2) is 60.7 Å². The second-order valence-corrected chi connectivity index (χ2v) is 10.3. The molecule has 3 rings (SSSR count). The lowest BCUT2D eigenvalue weighted by atomic mass is 10.1. The maximum atomic E-state index is 13.6. The maximum Gasteiger partial charge on any atom is 0.254 e. The van der Waals surface area contributed by atoms with Crippen LogP contribution in [0.5, 0.6) is 0 Å². The van der Waals surface area contributed by atoms with E-state index in [2.05, 4.69) is 13.8 Å². The molecule has 0 radical (unpaired) electrons. The average molecular weight is 481 g/mol. The van der Waals surface area contributed by atoms with Gasteiger partial charge in [-0.05, 0) is 61.2 Å². The van der Waals surface area contributed by atoms with Crippen LogP contribution in [0.2, 0.25) is 0 Å². The summed E-state index contributed by atoms with van der Waals surface area (Å²) in [5, 5.41) is 0. The molecule has 1 unspecified atom stereocenters. The van der Waals surface area contributed by atoms with E-state index in [1.807, 2.05) is 50.2 Å². The van der Waals surface area contributed by atoms with Crippen molar-refractivity contribution in [3.63, 3.8) is 0 Å². The molecular weight excluding hydrogens is 447 g/mol. The number of hydrogen-bond acceptors (Lipinski definition) is 3. The molecular formula is C28H33FN2O2S. The molecule has 0 spiro atoms. The van der Waals surface area contributed by atoms with Gasteiger partial charge in [0.2, 0.25) is 5.91 Å². The third-order valence-corrected chi connectivity index (χ3v) is 6.99. The van der Waals surface area contributed by atoms with Crippen molar-refractivity contribution in [3.8, 4) is 0 Å². The van der Waals surface area contributed by atoms with Crippen molar-refractivity contribution in [2.24, 2.45) is 5.92 Å². The summed E-state index contributed by atoms with van der Waals surface area (Å²) in [5.41, 5.74) is 2.37. The molecule has 0 aliphatic rings. The Bertz CT molecular complexity index is 1110. The van der Waals surface area contributed by atoms with Crippen LogP contribution in [-0.2, 0) is 17.9 Å². The number of hydrogen-bond donors (Lipinski definition) is 0. The molecule has 3 aromatic rings. The van der Waals surface area contributed by atoms with E-state index >= 15 is 0 Å². The molecule has 34 heavy (non-hydrogen) atoms. The van der Waals surface area contributed by atoms with Crippen molar-refractivity contribution in [2.45, 2.75) is 47.2 Å². The Morgan fingerprint density at radius 2 is 1.65 bits per heavy atom. The fourth-order valence-electron chi connectivity index (χ4n) is 3.77. The van der Waals surface area contributed by atoms with Crippen LogP contribution in [0.3, 0.4) is 0 Å². The number of amides is 2. The number of aryl methyl sites for hydroxylation is 2. The van der Waals surface area contributed by atoms with E-state index in [4.69, 9.17) is 0 Å². The summed E-state index contributed by atoms with van der Waals surface area (Å²) in [6, 6.07) is 17.8. The van der Waals surface area contributed by atoms with Crippen LogP contribution < -0.4 is 0 Å². The topological polar surface area (TPSA) is 40.6 Å². The molecule has 0 saturated carbocycles.